The number of nitro groups is 2. The van der Waals surface area contributed by atoms with Crippen LogP contribution in [0, 0.1) is 20.2 Å². The molecule has 0 saturated heterocycles. The van der Waals surface area contributed by atoms with Gasteiger partial charge in [0.25, 0.3) is 5.69 Å². The van der Waals surface area contributed by atoms with Gasteiger partial charge in [0.1, 0.15) is 24.2 Å². The van der Waals surface area contributed by atoms with E-state index in [-0.39, 0.29) is 30.5 Å². The summed E-state index contributed by atoms with van der Waals surface area (Å²) in [7, 11) is -2.54. The largest absolute Gasteiger partial charge is 0.459 e. The van der Waals surface area contributed by atoms with Crippen LogP contribution in [-0.2, 0) is 29.3 Å². The van der Waals surface area contributed by atoms with Crippen LogP contribution in [0.2, 0.25) is 0 Å². The summed E-state index contributed by atoms with van der Waals surface area (Å²) in [4.78, 5) is 24.2. The van der Waals surface area contributed by atoms with Crippen LogP contribution >= 0.6 is 7.75 Å². The Bertz CT molecular complexity index is 1120. The summed E-state index contributed by atoms with van der Waals surface area (Å²) in [6, 6.07) is 14.1. The molecule has 162 valence electrons. The monoisotopic (exact) mass is 447 g/mol. The molecule has 0 aliphatic carbocycles. The van der Waals surface area contributed by atoms with E-state index in [1.54, 1.807) is 0 Å². The Labute approximate surface area is 176 Å². The molecule has 3 rings (SSSR count). The minimum absolute atomic E-state index is 0.0884. The molecule has 0 amide bonds. The normalized spacial score (nSPS) is 12.8. The Morgan fingerprint density at radius 1 is 1.06 bits per heavy atom. The van der Waals surface area contributed by atoms with Crippen molar-refractivity contribution in [3.8, 4) is 5.75 Å². The van der Waals surface area contributed by atoms with Gasteiger partial charge >= 0.3 is 13.7 Å². The van der Waals surface area contributed by atoms with E-state index in [2.05, 4.69) is 10.1 Å². The molecule has 13 heteroatoms. The van der Waals surface area contributed by atoms with E-state index in [1.165, 1.54) is 42.1 Å². The average Bonchev–Trinajstić information content (AvgIpc) is 3.13. The maximum atomic E-state index is 13.3. The average molecular weight is 447 g/mol. The van der Waals surface area contributed by atoms with Crippen molar-refractivity contribution < 1.29 is 23.5 Å². The van der Waals surface area contributed by atoms with Gasteiger partial charge in [-0.1, -0.05) is 35.3 Å². The number of non-ortho nitro benzene ring substituents is 1. The van der Waals surface area contributed by atoms with Crippen LogP contribution < -0.4 is 9.61 Å². The van der Waals surface area contributed by atoms with Gasteiger partial charge in [0.15, 0.2) is 0 Å². The van der Waals surface area contributed by atoms with Crippen LogP contribution in [0.1, 0.15) is 11.3 Å². The quantitative estimate of drug-likeness (QED) is 0.278. The minimum atomic E-state index is -3.98. The molecule has 1 heterocycles. The van der Waals surface area contributed by atoms with E-state index in [4.69, 9.17) is 9.05 Å². The topological polar surface area (TPSA) is 152 Å². The molecule has 31 heavy (non-hydrogen) atoms. The molecule has 0 saturated carbocycles. The van der Waals surface area contributed by atoms with Gasteiger partial charge in [-0.2, -0.15) is 0 Å². The summed E-state index contributed by atoms with van der Waals surface area (Å²) in [5.41, 5.74) is 0.970. The molecule has 0 fully saturated rings. The van der Waals surface area contributed by atoms with Crippen LogP contribution in [0.25, 0.3) is 0 Å². The third-order valence-corrected chi connectivity index (χ3v) is 5.66. The molecule has 1 atom stereocenters. The first-order valence-electron chi connectivity index (χ1n) is 8.90. The number of hydrogen-bond donors (Lipinski definition) is 1. The SMILES string of the molecule is Cn1c(COP(=O)(NCc2ccccc2)Oc2ccc([N+](=O)[O-])cc2)cnc1[N+](=O)[O-]. The predicted molar refractivity (Wildman–Crippen MR) is 109 cm³/mol. The van der Waals surface area contributed by atoms with Crippen molar-refractivity contribution in [2.45, 2.75) is 13.2 Å². The molecular weight excluding hydrogens is 429 g/mol. The van der Waals surface area contributed by atoms with Crippen LogP contribution in [0.3, 0.4) is 0 Å². The number of benzene rings is 2. The molecule has 0 aliphatic rings. The van der Waals surface area contributed by atoms with Gasteiger partial charge in [-0.15, -0.1) is 0 Å². The second kappa shape index (κ2) is 9.47. The van der Waals surface area contributed by atoms with Gasteiger partial charge in [0.05, 0.1) is 12.0 Å². The fourth-order valence-electron chi connectivity index (χ4n) is 2.54. The molecule has 0 spiro atoms. The van der Waals surface area contributed by atoms with Crippen molar-refractivity contribution in [2.75, 3.05) is 0 Å². The van der Waals surface area contributed by atoms with E-state index >= 15 is 0 Å². The highest BCUT2D eigenvalue weighted by Gasteiger charge is 2.29. The molecule has 0 aliphatic heterocycles. The maximum absolute atomic E-state index is 13.3. The lowest BCUT2D eigenvalue weighted by molar-refractivity contribution is -0.396. The molecular formula is C18H18N5O7P. The Morgan fingerprint density at radius 3 is 2.32 bits per heavy atom. The number of nitro benzene ring substituents is 1. The highest BCUT2D eigenvalue weighted by atomic mass is 31.2. The summed E-state index contributed by atoms with van der Waals surface area (Å²) in [5.74, 6) is -0.299. The molecule has 2 aromatic carbocycles. The summed E-state index contributed by atoms with van der Waals surface area (Å²) >= 11 is 0. The van der Waals surface area contributed by atoms with E-state index in [0.29, 0.717) is 5.69 Å². The van der Waals surface area contributed by atoms with E-state index in [9.17, 15) is 24.8 Å². The molecule has 0 radical (unpaired) electrons. The second-order valence-electron chi connectivity index (χ2n) is 6.30. The van der Waals surface area contributed by atoms with E-state index in [1.807, 2.05) is 30.3 Å². The van der Waals surface area contributed by atoms with Crippen LogP contribution in [0.5, 0.6) is 5.75 Å². The highest BCUT2D eigenvalue weighted by Crippen LogP contribution is 2.45. The summed E-state index contributed by atoms with van der Waals surface area (Å²) in [5, 5.41) is 24.5. The predicted octanol–water partition coefficient (Wildman–Crippen LogP) is 3.73. The Balaban J connectivity index is 1.78. The van der Waals surface area contributed by atoms with E-state index in [0.717, 1.165) is 5.56 Å². The van der Waals surface area contributed by atoms with Gasteiger partial charge in [-0.3, -0.25) is 14.6 Å². The Kier molecular flexibility index (Phi) is 6.75. The standard InChI is InChI=1S/C18H18N5O7P/c1-21-16(12-19-18(21)23(26)27)13-29-31(28,20-11-14-5-3-2-4-6-14)30-17-9-7-15(8-10-17)22(24)25/h2-10,12H,11,13H2,1H3,(H,20,28). The number of hydrogen-bond acceptors (Lipinski definition) is 8. The first-order chi connectivity index (χ1) is 14.8. The Hall–Kier alpha value is -3.60. The fourth-order valence-corrected chi connectivity index (χ4v) is 3.83. The van der Waals surface area contributed by atoms with Gasteiger partial charge in [-0.05, 0) is 22.6 Å². The van der Waals surface area contributed by atoms with Crippen LogP contribution in [0.15, 0.2) is 60.8 Å². The smallest absolute Gasteiger partial charge is 0.413 e. The fraction of sp³-hybridized carbons (Fsp3) is 0.167. The molecule has 1 N–H and O–H groups in total. The maximum Gasteiger partial charge on any atom is 0.459 e. The van der Waals surface area contributed by atoms with Gasteiger partial charge < -0.3 is 14.6 Å². The van der Waals surface area contributed by atoms with Gasteiger partial charge in [0.2, 0.25) is 0 Å². The molecule has 3 aromatic rings. The third kappa shape index (κ3) is 5.72. The molecule has 1 aromatic heterocycles. The third-order valence-electron chi connectivity index (χ3n) is 4.20. The zero-order valence-electron chi connectivity index (χ0n) is 16.3. The van der Waals surface area contributed by atoms with Crippen molar-refractivity contribution >= 4 is 19.4 Å². The lowest BCUT2D eigenvalue weighted by Gasteiger charge is -2.19. The number of imidazole rings is 1. The molecule has 1 unspecified atom stereocenters. The van der Waals surface area contributed by atoms with Crippen molar-refractivity contribution in [3.05, 3.63) is 92.3 Å². The summed E-state index contributed by atoms with van der Waals surface area (Å²) < 4.78 is 25.6. The van der Waals surface area contributed by atoms with Crippen LogP contribution in [-0.4, -0.2) is 19.4 Å². The lowest BCUT2D eigenvalue weighted by Crippen LogP contribution is -2.17. The van der Waals surface area contributed by atoms with E-state index < -0.39 is 17.6 Å². The highest BCUT2D eigenvalue weighted by molar-refractivity contribution is 7.52. The summed E-state index contributed by atoms with van der Waals surface area (Å²) in [6.07, 6.45) is 1.24. The number of nitrogens with zero attached hydrogens (tertiary/aromatic N) is 4. The van der Waals surface area contributed by atoms with Gasteiger partial charge in [0, 0.05) is 18.7 Å². The zero-order chi connectivity index (χ0) is 22.4. The number of rotatable bonds is 10. The first kappa shape index (κ1) is 22.1. The first-order valence-corrected chi connectivity index (χ1v) is 10.4. The van der Waals surface area contributed by atoms with Crippen molar-refractivity contribution in [3.63, 3.8) is 0 Å². The zero-order valence-corrected chi connectivity index (χ0v) is 17.2. The molecule has 12 nitrogen and oxygen atoms in total. The van der Waals surface area contributed by atoms with Crippen molar-refractivity contribution in [1.29, 1.82) is 0 Å². The number of nitrogens with one attached hydrogen (secondary N) is 1. The van der Waals surface area contributed by atoms with Crippen LogP contribution in [0.4, 0.5) is 11.6 Å². The van der Waals surface area contributed by atoms with Crippen molar-refractivity contribution in [1.82, 2.24) is 14.6 Å². The van der Waals surface area contributed by atoms with Crippen molar-refractivity contribution in [2.24, 2.45) is 7.05 Å². The second-order valence-corrected chi connectivity index (χ2v) is 8.05. The molecule has 0 bridgehead atoms. The Morgan fingerprint density at radius 2 is 1.74 bits per heavy atom. The summed E-state index contributed by atoms with van der Waals surface area (Å²) in [6.45, 7) is -0.139. The minimum Gasteiger partial charge on any atom is -0.413 e. The lowest BCUT2D eigenvalue weighted by atomic mass is 10.2. The number of aromatic nitrogens is 2. The van der Waals surface area contributed by atoms with Gasteiger partial charge in [-0.25, -0.2) is 14.2 Å².